The van der Waals surface area contributed by atoms with Gasteiger partial charge in [-0.3, -0.25) is 0 Å². The molecule has 0 atom stereocenters. The van der Waals surface area contributed by atoms with E-state index in [1.807, 2.05) is 25.2 Å². The van der Waals surface area contributed by atoms with Crippen LogP contribution in [-0.4, -0.2) is 38.3 Å². The fourth-order valence-electron chi connectivity index (χ4n) is 2.37. The molecule has 110 valence electrons. The molecule has 2 heterocycles. The number of ether oxygens (including phenoxy) is 1. The summed E-state index contributed by atoms with van der Waals surface area (Å²) >= 11 is 0. The highest BCUT2D eigenvalue weighted by atomic mass is 16.5. The molecule has 0 radical (unpaired) electrons. The molecule has 0 amide bonds. The first-order valence-electron chi connectivity index (χ1n) is 7.20. The molecule has 1 aliphatic rings. The molecule has 2 N–H and O–H groups in total. The first-order valence-corrected chi connectivity index (χ1v) is 7.20. The lowest BCUT2D eigenvalue weighted by atomic mass is 10.2. The Labute approximate surface area is 125 Å². The number of rotatable bonds is 4. The molecule has 21 heavy (non-hydrogen) atoms. The van der Waals surface area contributed by atoms with Crippen molar-refractivity contribution >= 4 is 23.0 Å². The van der Waals surface area contributed by atoms with Gasteiger partial charge in [0.2, 0.25) is 0 Å². The average Bonchev–Trinajstić information content (AvgIpc) is 2.56. The Kier molecular flexibility index (Phi) is 4.21. The lowest BCUT2D eigenvalue weighted by molar-refractivity contribution is 0.122. The van der Waals surface area contributed by atoms with Gasteiger partial charge in [0.15, 0.2) is 0 Å². The maximum atomic E-state index is 5.38. The molecule has 0 saturated carbocycles. The zero-order valence-electron chi connectivity index (χ0n) is 12.2. The number of anilines is 4. The summed E-state index contributed by atoms with van der Waals surface area (Å²) in [6, 6.07) is 14.3. The fraction of sp³-hybridized carbons (Fsp3) is 0.312. The van der Waals surface area contributed by atoms with Gasteiger partial charge < -0.3 is 20.3 Å². The van der Waals surface area contributed by atoms with Crippen LogP contribution in [0.25, 0.3) is 0 Å². The zero-order valence-corrected chi connectivity index (χ0v) is 12.2. The topological polar surface area (TPSA) is 49.4 Å². The molecular weight excluding hydrogens is 264 g/mol. The third-order valence-electron chi connectivity index (χ3n) is 3.52. The highest BCUT2D eigenvalue weighted by molar-refractivity contribution is 5.61. The Hall–Kier alpha value is -2.27. The van der Waals surface area contributed by atoms with Gasteiger partial charge in [-0.15, -0.1) is 0 Å². The molecule has 0 bridgehead atoms. The van der Waals surface area contributed by atoms with Crippen LogP contribution in [0.4, 0.5) is 23.0 Å². The van der Waals surface area contributed by atoms with Crippen LogP contribution in [0.5, 0.6) is 0 Å². The van der Waals surface area contributed by atoms with Crippen molar-refractivity contribution < 1.29 is 4.74 Å². The molecule has 1 aromatic carbocycles. The van der Waals surface area contributed by atoms with Crippen molar-refractivity contribution in [3.63, 3.8) is 0 Å². The minimum Gasteiger partial charge on any atom is -0.378 e. The summed E-state index contributed by atoms with van der Waals surface area (Å²) in [4.78, 5) is 6.79. The number of pyridine rings is 1. The summed E-state index contributed by atoms with van der Waals surface area (Å²) in [6.07, 6.45) is 0. The minimum absolute atomic E-state index is 0.806. The summed E-state index contributed by atoms with van der Waals surface area (Å²) in [5, 5.41) is 6.35. The standard InChI is InChI=1S/C16H20N4O/c1-17-15-3-2-4-16(19-15)18-13-5-7-14(8-6-13)20-9-11-21-12-10-20/h2-8H,9-12H2,1H3,(H2,17,18,19). The third kappa shape index (κ3) is 3.44. The average molecular weight is 284 g/mol. The lowest BCUT2D eigenvalue weighted by Crippen LogP contribution is -2.36. The maximum Gasteiger partial charge on any atom is 0.132 e. The van der Waals surface area contributed by atoms with Gasteiger partial charge in [-0.05, 0) is 36.4 Å². The summed E-state index contributed by atoms with van der Waals surface area (Å²) in [7, 11) is 1.86. The van der Waals surface area contributed by atoms with Gasteiger partial charge in [0.25, 0.3) is 0 Å². The van der Waals surface area contributed by atoms with E-state index in [0.29, 0.717) is 0 Å². The molecular formula is C16H20N4O. The van der Waals surface area contributed by atoms with Crippen molar-refractivity contribution in [2.45, 2.75) is 0 Å². The van der Waals surface area contributed by atoms with Crippen LogP contribution in [0.1, 0.15) is 0 Å². The van der Waals surface area contributed by atoms with Crippen molar-refractivity contribution in [3.05, 3.63) is 42.5 Å². The molecule has 2 aromatic rings. The predicted octanol–water partition coefficient (Wildman–Crippen LogP) is 2.70. The molecule has 5 heteroatoms. The van der Waals surface area contributed by atoms with Crippen LogP contribution in [0.3, 0.4) is 0 Å². The molecule has 0 spiro atoms. The van der Waals surface area contributed by atoms with Gasteiger partial charge in [0, 0.05) is 31.5 Å². The number of hydrogen-bond acceptors (Lipinski definition) is 5. The van der Waals surface area contributed by atoms with Crippen LogP contribution in [0.2, 0.25) is 0 Å². The van der Waals surface area contributed by atoms with Gasteiger partial charge in [-0.1, -0.05) is 6.07 Å². The van der Waals surface area contributed by atoms with Crippen LogP contribution >= 0.6 is 0 Å². The molecule has 0 unspecified atom stereocenters. The number of hydrogen-bond donors (Lipinski definition) is 2. The first kappa shape index (κ1) is 13.7. The molecule has 1 aromatic heterocycles. The summed E-state index contributed by atoms with van der Waals surface area (Å²) in [6.45, 7) is 3.53. The number of aromatic nitrogens is 1. The van der Waals surface area contributed by atoms with E-state index in [1.165, 1.54) is 5.69 Å². The first-order chi connectivity index (χ1) is 10.3. The lowest BCUT2D eigenvalue weighted by Gasteiger charge is -2.28. The van der Waals surface area contributed by atoms with Crippen LogP contribution in [0, 0.1) is 0 Å². The maximum absolute atomic E-state index is 5.38. The second-order valence-corrected chi connectivity index (χ2v) is 4.93. The van der Waals surface area contributed by atoms with Gasteiger partial charge in [-0.25, -0.2) is 4.98 Å². The normalized spacial score (nSPS) is 14.8. The summed E-state index contributed by atoms with van der Waals surface area (Å²) in [5.74, 6) is 1.69. The number of nitrogens with zero attached hydrogens (tertiary/aromatic N) is 2. The van der Waals surface area contributed by atoms with Crippen LogP contribution < -0.4 is 15.5 Å². The highest BCUT2D eigenvalue weighted by Crippen LogP contribution is 2.21. The number of morpholine rings is 1. The molecule has 5 nitrogen and oxygen atoms in total. The smallest absolute Gasteiger partial charge is 0.132 e. The van der Waals surface area contributed by atoms with Crippen LogP contribution in [-0.2, 0) is 4.74 Å². The predicted molar refractivity (Wildman–Crippen MR) is 86.5 cm³/mol. The van der Waals surface area contributed by atoms with Crippen LogP contribution in [0.15, 0.2) is 42.5 Å². The third-order valence-corrected chi connectivity index (χ3v) is 3.52. The van der Waals surface area contributed by atoms with Crippen molar-refractivity contribution in [3.8, 4) is 0 Å². The molecule has 0 aliphatic carbocycles. The Morgan fingerprint density at radius 1 is 1.00 bits per heavy atom. The Bertz CT molecular complexity index is 579. The van der Waals surface area contributed by atoms with E-state index in [1.54, 1.807) is 0 Å². The Morgan fingerprint density at radius 2 is 1.71 bits per heavy atom. The van der Waals surface area contributed by atoms with Crippen molar-refractivity contribution in [2.24, 2.45) is 0 Å². The second kappa shape index (κ2) is 6.45. The minimum atomic E-state index is 0.806. The van der Waals surface area contributed by atoms with Gasteiger partial charge in [0.05, 0.1) is 13.2 Å². The van der Waals surface area contributed by atoms with E-state index in [0.717, 1.165) is 43.6 Å². The zero-order chi connectivity index (χ0) is 14.5. The summed E-state index contributed by atoms with van der Waals surface area (Å²) in [5.41, 5.74) is 2.27. The van der Waals surface area contributed by atoms with E-state index >= 15 is 0 Å². The van der Waals surface area contributed by atoms with Gasteiger partial charge in [-0.2, -0.15) is 0 Å². The number of benzene rings is 1. The highest BCUT2D eigenvalue weighted by Gasteiger charge is 2.10. The SMILES string of the molecule is CNc1cccc(Nc2ccc(N3CCOCC3)cc2)n1. The van der Waals surface area contributed by atoms with Crippen molar-refractivity contribution in [1.82, 2.24) is 4.98 Å². The quantitative estimate of drug-likeness (QED) is 0.904. The fourth-order valence-corrected chi connectivity index (χ4v) is 2.37. The largest absolute Gasteiger partial charge is 0.378 e. The van der Waals surface area contributed by atoms with Crippen molar-refractivity contribution in [2.75, 3.05) is 48.9 Å². The van der Waals surface area contributed by atoms with E-state index in [-0.39, 0.29) is 0 Å². The Morgan fingerprint density at radius 3 is 2.43 bits per heavy atom. The molecule has 1 aliphatic heterocycles. The Balaban J connectivity index is 1.68. The van der Waals surface area contributed by atoms with Gasteiger partial charge in [0.1, 0.15) is 11.6 Å². The monoisotopic (exact) mass is 284 g/mol. The molecule has 3 rings (SSSR count). The summed E-state index contributed by atoms with van der Waals surface area (Å²) < 4.78 is 5.38. The van der Waals surface area contributed by atoms with Crippen molar-refractivity contribution in [1.29, 1.82) is 0 Å². The molecule has 1 fully saturated rings. The van der Waals surface area contributed by atoms with E-state index in [2.05, 4.69) is 44.8 Å². The molecule has 1 saturated heterocycles. The van der Waals surface area contributed by atoms with E-state index in [9.17, 15) is 0 Å². The van der Waals surface area contributed by atoms with Gasteiger partial charge >= 0.3 is 0 Å². The number of nitrogens with one attached hydrogen (secondary N) is 2. The second-order valence-electron chi connectivity index (χ2n) is 4.93. The van der Waals surface area contributed by atoms with E-state index < -0.39 is 0 Å². The van der Waals surface area contributed by atoms with E-state index in [4.69, 9.17) is 4.74 Å².